The molecule has 0 spiro atoms. The third-order valence-electron chi connectivity index (χ3n) is 4.42. The normalized spacial score (nSPS) is 16.1. The third-order valence-corrected chi connectivity index (χ3v) is 5.24. The minimum absolute atomic E-state index is 0.0464. The molecule has 7 heteroatoms. The minimum atomic E-state index is 0.0464. The Morgan fingerprint density at radius 3 is 2.74 bits per heavy atom. The van der Waals surface area contributed by atoms with Gasteiger partial charge in [0.1, 0.15) is 18.3 Å². The van der Waals surface area contributed by atoms with Gasteiger partial charge in [-0.15, -0.1) is 0 Å². The predicted octanol–water partition coefficient (Wildman–Crippen LogP) is 3.00. The summed E-state index contributed by atoms with van der Waals surface area (Å²) < 4.78 is 2.73. The summed E-state index contributed by atoms with van der Waals surface area (Å²) in [6.45, 7) is 1.45. The summed E-state index contributed by atoms with van der Waals surface area (Å²) in [4.78, 5) is 21.9. The maximum atomic E-state index is 12.8. The number of nitrogens with zero attached hydrogens (tertiary/aromatic N) is 4. The molecular formula is C16H16BrN5O. The molecule has 23 heavy (non-hydrogen) atoms. The zero-order valence-corrected chi connectivity index (χ0v) is 14.0. The molecule has 0 radical (unpaired) electrons. The topological polar surface area (TPSA) is 66.8 Å². The van der Waals surface area contributed by atoms with Crippen LogP contribution in [0.1, 0.15) is 29.4 Å². The maximum absolute atomic E-state index is 12.8. The molecule has 1 aliphatic rings. The Balaban J connectivity index is 1.52. The van der Waals surface area contributed by atoms with Crippen LogP contribution in [0.4, 0.5) is 0 Å². The van der Waals surface area contributed by atoms with Gasteiger partial charge in [0.15, 0.2) is 0 Å². The first-order valence-corrected chi connectivity index (χ1v) is 8.43. The highest BCUT2D eigenvalue weighted by Crippen LogP contribution is 2.30. The van der Waals surface area contributed by atoms with E-state index in [1.807, 2.05) is 33.8 Å². The molecule has 1 aliphatic heterocycles. The standard InChI is InChI=1S/C16H16BrN5O/c17-14-12-3-1-2-4-13(12)20-15(14)16(23)21-7-5-11(6-8-21)22-10-18-9-19-22/h1-4,9-11,20H,5-8H2. The largest absolute Gasteiger partial charge is 0.350 e. The molecule has 1 aromatic carbocycles. The van der Waals surface area contributed by atoms with Crippen molar-refractivity contribution in [2.75, 3.05) is 13.1 Å². The van der Waals surface area contributed by atoms with E-state index < -0.39 is 0 Å². The number of rotatable bonds is 2. The summed E-state index contributed by atoms with van der Waals surface area (Å²) in [7, 11) is 0. The van der Waals surface area contributed by atoms with Crippen molar-refractivity contribution in [2.45, 2.75) is 18.9 Å². The lowest BCUT2D eigenvalue weighted by molar-refractivity contribution is 0.0684. The van der Waals surface area contributed by atoms with Crippen LogP contribution in [0.5, 0.6) is 0 Å². The number of H-pyrrole nitrogens is 1. The first kappa shape index (κ1) is 14.4. The molecule has 3 heterocycles. The summed E-state index contributed by atoms with van der Waals surface area (Å²) in [5, 5.41) is 5.23. The molecule has 1 N–H and O–H groups in total. The van der Waals surface area contributed by atoms with Crippen LogP contribution in [-0.4, -0.2) is 43.6 Å². The van der Waals surface area contributed by atoms with Crippen molar-refractivity contribution >= 4 is 32.7 Å². The van der Waals surface area contributed by atoms with Crippen molar-refractivity contribution < 1.29 is 4.79 Å². The van der Waals surface area contributed by atoms with E-state index in [0.717, 1.165) is 41.3 Å². The number of nitrogens with one attached hydrogen (secondary N) is 1. The van der Waals surface area contributed by atoms with Gasteiger partial charge in [0.2, 0.25) is 0 Å². The molecule has 0 saturated carbocycles. The third kappa shape index (κ3) is 2.55. The number of likely N-dealkylation sites (tertiary alicyclic amines) is 1. The molecule has 4 rings (SSSR count). The number of carbonyl (C=O) groups is 1. The van der Waals surface area contributed by atoms with Gasteiger partial charge < -0.3 is 9.88 Å². The Bertz CT molecular complexity index is 833. The molecule has 6 nitrogen and oxygen atoms in total. The first-order chi connectivity index (χ1) is 11.2. The second-order valence-corrected chi connectivity index (χ2v) is 6.55. The molecule has 1 saturated heterocycles. The average molecular weight is 374 g/mol. The quantitative estimate of drug-likeness (QED) is 0.750. The zero-order chi connectivity index (χ0) is 15.8. The van der Waals surface area contributed by atoms with Gasteiger partial charge in [0, 0.05) is 24.0 Å². The van der Waals surface area contributed by atoms with Crippen LogP contribution in [-0.2, 0) is 0 Å². The summed E-state index contributed by atoms with van der Waals surface area (Å²) >= 11 is 3.56. The predicted molar refractivity (Wildman–Crippen MR) is 90.2 cm³/mol. The Morgan fingerprint density at radius 1 is 1.26 bits per heavy atom. The van der Waals surface area contributed by atoms with Gasteiger partial charge >= 0.3 is 0 Å². The van der Waals surface area contributed by atoms with Gasteiger partial charge in [-0.3, -0.25) is 4.79 Å². The van der Waals surface area contributed by atoms with Crippen LogP contribution in [0, 0.1) is 0 Å². The molecule has 1 amide bonds. The highest BCUT2D eigenvalue weighted by atomic mass is 79.9. The van der Waals surface area contributed by atoms with E-state index in [2.05, 4.69) is 31.0 Å². The molecule has 0 bridgehead atoms. The molecular weight excluding hydrogens is 358 g/mol. The average Bonchev–Trinajstić information content (AvgIpc) is 3.23. The molecule has 2 aromatic heterocycles. The van der Waals surface area contributed by atoms with Gasteiger partial charge in [0.05, 0.1) is 10.5 Å². The number of fused-ring (bicyclic) bond motifs is 1. The monoisotopic (exact) mass is 373 g/mol. The van der Waals surface area contributed by atoms with E-state index in [1.54, 1.807) is 12.7 Å². The number of carbonyl (C=O) groups excluding carboxylic acids is 1. The number of aromatic nitrogens is 4. The van der Waals surface area contributed by atoms with E-state index in [4.69, 9.17) is 0 Å². The maximum Gasteiger partial charge on any atom is 0.271 e. The summed E-state index contributed by atoms with van der Waals surface area (Å²) in [5.41, 5.74) is 1.60. The van der Waals surface area contributed by atoms with Gasteiger partial charge in [-0.25, -0.2) is 9.67 Å². The van der Waals surface area contributed by atoms with E-state index in [-0.39, 0.29) is 5.91 Å². The SMILES string of the molecule is O=C(c1[nH]c2ccccc2c1Br)N1CCC(n2cncn2)CC1. The molecule has 118 valence electrons. The van der Waals surface area contributed by atoms with E-state index in [0.29, 0.717) is 11.7 Å². The fourth-order valence-corrected chi connectivity index (χ4v) is 3.77. The van der Waals surface area contributed by atoms with Crippen LogP contribution in [0.2, 0.25) is 0 Å². The van der Waals surface area contributed by atoms with E-state index in [9.17, 15) is 4.79 Å². The van der Waals surface area contributed by atoms with Crippen LogP contribution in [0.3, 0.4) is 0 Å². The smallest absolute Gasteiger partial charge is 0.271 e. The molecule has 0 aliphatic carbocycles. The summed E-state index contributed by atoms with van der Waals surface area (Å²) in [6, 6.07) is 8.24. The Morgan fingerprint density at radius 2 is 2.04 bits per heavy atom. The molecule has 0 unspecified atom stereocenters. The van der Waals surface area contributed by atoms with Crippen LogP contribution in [0.15, 0.2) is 41.4 Å². The second kappa shape index (κ2) is 5.81. The van der Waals surface area contributed by atoms with E-state index in [1.165, 1.54) is 0 Å². The van der Waals surface area contributed by atoms with Crippen molar-refractivity contribution in [3.05, 3.63) is 47.1 Å². The fraction of sp³-hybridized carbons (Fsp3) is 0.312. The highest BCUT2D eigenvalue weighted by Gasteiger charge is 2.27. The zero-order valence-electron chi connectivity index (χ0n) is 12.4. The Labute approximate surface area is 141 Å². The number of amides is 1. The lowest BCUT2D eigenvalue weighted by Crippen LogP contribution is -2.39. The fourth-order valence-electron chi connectivity index (χ4n) is 3.15. The van der Waals surface area contributed by atoms with E-state index >= 15 is 0 Å². The second-order valence-electron chi connectivity index (χ2n) is 5.76. The van der Waals surface area contributed by atoms with Gasteiger partial charge in [0.25, 0.3) is 5.91 Å². The number of halogens is 1. The van der Waals surface area contributed by atoms with Gasteiger partial charge in [-0.1, -0.05) is 18.2 Å². The number of benzene rings is 1. The molecule has 3 aromatic rings. The van der Waals surface area contributed by atoms with Crippen molar-refractivity contribution in [1.82, 2.24) is 24.6 Å². The number of piperidine rings is 1. The lowest BCUT2D eigenvalue weighted by Gasteiger charge is -2.31. The van der Waals surface area contributed by atoms with Crippen molar-refractivity contribution in [3.63, 3.8) is 0 Å². The Hall–Kier alpha value is -2.15. The van der Waals surface area contributed by atoms with Gasteiger partial charge in [-0.05, 0) is 34.8 Å². The molecule has 0 atom stereocenters. The molecule has 1 fully saturated rings. The highest BCUT2D eigenvalue weighted by molar-refractivity contribution is 9.10. The van der Waals surface area contributed by atoms with Crippen molar-refractivity contribution in [2.24, 2.45) is 0 Å². The lowest BCUT2D eigenvalue weighted by atomic mass is 10.1. The van der Waals surface area contributed by atoms with Crippen LogP contribution < -0.4 is 0 Å². The van der Waals surface area contributed by atoms with Crippen LogP contribution in [0.25, 0.3) is 10.9 Å². The van der Waals surface area contributed by atoms with Crippen molar-refractivity contribution in [3.8, 4) is 0 Å². The van der Waals surface area contributed by atoms with Crippen LogP contribution >= 0.6 is 15.9 Å². The number of aromatic amines is 1. The number of para-hydroxylation sites is 1. The van der Waals surface area contributed by atoms with Crippen molar-refractivity contribution in [1.29, 1.82) is 0 Å². The number of hydrogen-bond donors (Lipinski definition) is 1. The first-order valence-electron chi connectivity index (χ1n) is 7.63. The number of hydrogen-bond acceptors (Lipinski definition) is 3. The van der Waals surface area contributed by atoms with Gasteiger partial charge in [-0.2, -0.15) is 5.10 Å². The summed E-state index contributed by atoms with van der Waals surface area (Å²) in [6.07, 6.45) is 5.09. The summed E-state index contributed by atoms with van der Waals surface area (Å²) in [5.74, 6) is 0.0464. The minimum Gasteiger partial charge on any atom is -0.350 e. The Kier molecular flexibility index (Phi) is 3.65.